The topological polar surface area (TPSA) is 142 Å². The number of amides is 2. The fourth-order valence-electron chi connectivity index (χ4n) is 5.62. The quantitative estimate of drug-likeness (QED) is 0.0585. The van der Waals surface area contributed by atoms with Crippen LogP contribution in [0.1, 0.15) is 154 Å². The molecule has 3 unspecified atom stereocenters. The molecule has 0 aromatic carbocycles. The third-order valence-electron chi connectivity index (χ3n) is 8.06. The van der Waals surface area contributed by atoms with Gasteiger partial charge in [0.25, 0.3) is 0 Å². The van der Waals surface area contributed by atoms with Crippen molar-refractivity contribution in [3.8, 4) is 0 Å². The largest absolute Gasteiger partial charge is 0.382 e. The maximum absolute atomic E-state index is 13.7. The predicted octanol–water partition coefficient (Wildman–Crippen LogP) is 5.40. The predicted molar refractivity (Wildman–Crippen MR) is 212 cm³/mol. The Balaban J connectivity index is 5.32. The molecule has 302 valence electrons. The standard InChI is InChI=1S/C40H82N6O5/c1-37(2,3)42-26-18-15-22-32(45-39(7,8)9)35(48)41-25-17-14-21-31(34(47)24-20-28-51-30-29-50-13)44-36(49)33(46-40(10,11)12)23-16-19-27-43-38(4,5)6/h31-33,42-43,45-46H,14-30H2,1-13H3,(H,41,48)(H,44,49). The molecule has 0 aromatic heterocycles. The number of Topliss-reactive ketones (excluding diaryl/α,β-unsaturated/α-hetero) is 1. The highest BCUT2D eigenvalue weighted by molar-refractivity contribution is 5.90. The van der Waals surface area contributed by atoms with Crippen LogP contribution in [0.5, 0.6) is 0 Å². The second-order valence-electron chi connectivity index (χ2n) is 18.3. The Kier molecular flexibility index (Phi) is 24.6. The summed E-state index contributed by atoms with van der Waals surface area (Å²) in [6, 6.07) is -1.25. The van der Waals surface area contributed by atoms with E-state index in [-0.39, 0.29) is 45.8 Å². The maximum atomic E-state index is 13.7. The molecule has 0 aromatic rings. The van der Waals surface area contributed by atoms with Crippen molar-refractivity contribution in [2.45, 2.75) is 194 Å². The van der Waals surface area contributed by atoms with Crippen LogP contribution in [0.2, 0.25) is 0 Å². The summed E-state index contributed by atoms with van der Waals surface area (Å²) in [5.74, 6) is -0.107. The number of carbonyl (C=O) groups is 3. The van der Waals surface area contributed by atoms with Crippen molar-refractivity contribution in [3.05, 3.63) is 0 Å². The van der Waals surface area contributed by atoms with Crippen molar-refractivity contribution in [1.82, 2.24) is 31.9 Å². The lowest BCUT2D eigenvalue weighted by atomic mass is 9.99. The molecule has 0 radical (unpaired) electrons. The van der Waals surface area contributed by atoms with E-state index in [2.05, 4.69) is 115 Å². The zero-order chi connectivity index (χ0) is 39.1. The van der Waals surface area contributed by atoms with Crippen molar-refractivity contribution in [2.24, 2.45) is 0 Å². The van der Waals surface area contributed by atoms with Crippen LogP contribution < -0.4 is 31.9 Å². The number of rotatable bonds is 28. The third-order valence-corrected chi connectivity index (χ3v) is 8.06. The highest BCUT2D eigenvalue weighted by atomic mass is 16.5. The molecule has 11 nitrogen and oxygen atoms in total. The van der Waals surface area contributed by atoms with Crippen molar-refractivity contribution in [1.29, 1.82) is 0 Å². The lowest BCUT2D eigenvalue weighted by Gasteiger charge is -2.30. The molecule has 0 heterocycles. The minimum Gasteiger partial charge on any atom is -0.382 e. The Morgan fingerprint density at radius 3 is 1.41 bits per heavy atom. The molecule has 0 bridgehead atoms. The molecule has 3 atom stereocenters. The first-order valence-electron chi connectivity index (χ1n) is 19.8. The summed E-state index contributed by atoms with van der Waals surface area (Å²) in [4.78, 5) is 40.4. The molecule has 0 saturated heterocycles. The number of ether oxygens (including phenoxy) is 2. The normalized spacial score (nSPS) is 14.6. The van der Waals surface area contributed by atoms with Gasteiger partial charge in [0.15, 0.2) is 5.78 Å². The van der Waals surface area contributed by atoms with Gasteiger partial charge >= 0.3 is 0 Å². The van der Waals surface area contributed by atoms with Gasteiger partial charge in [0.1, 0.15) is 0 Å². The van der Waals surface area contributed by atoms with E-state index in [4.69, 9.17) is 9.47 Å². The first kappa shape index (κ1) is 49.4. The Labute approximate surface area is 313 Å². The van der Waals surface area contributed by atoms with Crippen LogP contribution in [0.4, 0.5) is 0 Å². The maximum Gasteiger partial charge on any atom is 0.237 e. The zero-order valence-corrected chi connectivity index (χ0v) is 35.3. The summed E-state index contributed by atoms with van der Waals surface area (Å²) in [6.07, 6.45) is 8.12. The summed E-state index contributed by atoms with van der Waals surface area (Å²) in [5, 5.41) is 20.3. The van der Waals surface area contributed by atoms with E-state index in [0.717, 1.165) is 45.2 Å². The smallest absolute Gasteiger partial charge is 0.237 e. The van der Waals surface area contributed by atoms with Crippen LogP contribution in [0, 0.1) is 0 Å². The molecule has 11 heteroatoms. The first-order chi connectivity index (χ1) is 23.5. The number of carbonyl (C=O) groups excluding carboxylic acids is 3. The van der Waals surface area contributed by atoms with Crippen LogP contribution in [-0.4, -0.2) is 104 Å². The van der Waals surface area contributed by atoms with Crippen LogP contribution in [0.15, 0.2) is 0 Å². The SMILES string of the molecule is COCCOCCCC(=O)C(CCCCNC(=O)C(CCCCNC(C)(C)C)NC(C)(C)C)NC(=O)C(CCCCNC(C)(C)C)NC(C)(C)C. The van der Waals surface area contributed by atoms with E-state index in [1.165, 1.54) is 0 Å². The molecular weight excluding hydrogens is 644 g/mol. The number of unbranched alkanes of at least 4 members (excludes halogenated alkanes) is 3. The monoisotopic (exact) mass is 727 g/mol. The molecule has 0 fully saturated rings. The molecule has 6 N–H and O–H groups in total. The van der Waals surface area contributed by atoms with Gasteiger partial charge in [-0.3, -0.25) is 14.4 Å². The van der Waals surface area contributed by atoms with E-state index in [1.54, 1.807) is 7.11 Å². The van der Waals surface area contributed by atoms with Crippen molar-refractivity contribution in [2.75, 3.05) is 46.6 Å². The number of methoxy groups -OCH3 is 1. The van der Waals surface area contributed by atoms with E-state index >= 15 is 0 Å². The lowest BCUT2D eigenvalue weighted by molar-refractivity contribution is -0.129. The Hall–Kier alpha value is -1.63. The van der Waals surface area contributed by atoms with Crippen molar-refractivity contribution >= 4 is 17.6 Å². The molecule has 51 heavy (non-hydrogen) atoms. The van der Waals surface area contributed by atoms with Gasteiger partial charge < -0.3 is 41.4 Å². The van der Waals surface area contributed by atoms with Gasteiger partial charge in [-0.15, -0.1) is 0 Å². The third kappa shape index (κ3) is 30.5. The fraction of sp³-hybridized carbons (Fsp3) is 0.925. The van der Waals surface area contributed by atoms with Gasteiger partial charge in [-0.25, -0.2) is 0 Å². The Bertz CT molecular complexity index is 949. The van der Waals surface area contributed by atoms with Crippen molar-refractivity contribution in [3.63, 3.8) is 0 Å². The van der Waals surface area contributed by atoms with E-state index in [0.29, 0.717) is 64.9 Å². The van der Waals surface area contributed by atoms with Crippen LogP contribution in [0.25, 0.3) is 0 Å². The number of nitrogens with one attached hydrogen (secondary N) is 6. The average Bonchev–Trinajstić information content (AvgIpc) is 2.97. The van der Waals surface area contributed by atoms with Gasteiger partial charge in [-0.05, 0) is 148 Å². The second-order valence-corrected chi connectivity index (χ2v) is 18.3. The summed E-state index contributed by atoms with van der Waals surface area (Å²) in [7, 11) is 1.63. The number of ketones is 1. The number of hydrogen-bond donors (Lipinski definition) is 6. The number of hydrogen-bond acceptors (Lipinski definition) is 9. The lowest BCUT2D eigenvalue weighted by Crippen LogP contribution is -2.54. The second kappa shape index (κ2) is 25.4. The van der Waals surface area contributed by atoms with Gasteiger partial charge in [0, 0.05) is 48.8 Å². The van der Waals surface area contributed by atoms with E-state index in [1.807, 2.05) is 0 Å². The van der Waals surface area contributed by atoms with Gasteiger partial charge in [-0.1, -0.05) is 12.8 Å². The molecule has 0 rings (SSSR count). The molecule has 0 aliphatic heterocycles. The zero-order valence-electron chi connectivity index (χ0n) is 35.3. The van der Waals surface area contributed by atoms with E-state index in [9.17, 15) is 14.4 Å². The Morgan fingerprint density at radius 1 is 0.510 bits per heavy atom. The van der Waals surface area contributed by atoms with Gasteiger partial charge in [0.05, 0.1) is 31.3 Å². The van der Waals surface area contributed by atoms with Crippen LogP contribution in [0.3, 0.4) is 0 Å². The first-order valence-corrected chi connectivity index (χ1v) is 19.8. The highest BCUT2D eigenvalue weighted by Gasteiger charge is 2.28. The van der Waals surface area contributed by atoms with Crippen LogP contribution in [-0.2, 0) is 23.9 Å². The average molecular weight is 727 g/mol. The summed E-state index contributed by atoms with van der Waals surface area (Å²) in [5.41, 5.74) is -0.304. The summed E-state index contributed by atoms with van der Waals surface area (Å²) < 4.78 is 10.6. The highest BCUT2D eigenvalue weighted by Crippen LogP contribution is 2.13. The van der Waals surface area contributed by atoms with Crippen LogP contribution >= 0.6 is 0 Å². The molecule has 0 saturated carbocycles. The summed E-state index contributed by atoms with van der Waals surface area (Å²) >= 11 is 0. The molecule has 0 aliphatic carbocycles. The van der Waals surface area contributed by atoms with Gasteiger partial charge in [-0.2, -0.15) is 0 Å². The molecular formula is C40H82N6O5. The minimum atomic E-state index is -0.587. The molecule has 0 aliphatic rings. The summed E-state index contributed by atoms with van der Waals surface area (Å²) in [6.45, 7) is 29.1. The van der Waals surface area contributed by atoms with E-state index < -0.39 is 12.1 Å². The molecule has 2 amide bonds. The van der Waals surface area contributed by atoms with Crippen molar-refractivity contribution < 1.29 is 23.9 Å². The molecule has 0 spiro atoms. The minimum absolute atomic E-state index is 0.0110. The fourth-order valence-corrected chi connectivity index (χ4v) is 5.62. The van der Waals surface area contributed by atoms with Gasteiger partial charge in [0.2, 0.25) is 11.8 Å². The Morgan fingerprint density at radius 2 is 0.961 bits per heavy atom.